The van der Waals surface area contributed by atoms with Crippen molar-refractivity contribution in [3.63, 3.8) is 0 Å². The normalized spacial score (nSPS) is 20.9. The number of aliphatic hydroxyl groups is 1. The van der Waals surface area contributed by atoms with Gasteiger partial charge in [0.05, 0.1) is 19.0 Å². The number of para-hydroxylation sites is 1. The number of benzene rings is 2. The highest BCUT2D eigenvalue weighted by molar-refractivity contribution is 7.52. The van der Waals surface area contributed by atoms with Gasteiger partial charge in [-0.2, -0.15) is 15.1 Å². The van der Waals surface area contributed by atoms with Crippen LogP contribution in [-0.2, 0) is 30.0 Å². The van der Waals surface area contributed by atoms with E-state index in [1.165, 1.54) is 13.3 Å². The van der Waals surface area contributed by atoms with Crippen molar-refractivity contribution in [2.45, 2.75) is 44.4 Å². The molecule has 15 heteroatoms. The molecule has 1 aliphatic heterocycles. The summed E-state index contributed by atoms with van der Waals surface area (Å²) in [4.78, 5) is 24.9. The zero-order valence-electron chi connectivity index (χ0n) is 21.9. The Kier molecular flexibility index (Phi) is 8.83. The molecule has 1 unspecified atom stereocenters. The summed E-state index contributed by atoms with van der Waals surface area (Å²) in [5, 5.41) is 13.3. The quantitative estimate of drug-likeness (QED) is 0.129. The van der Waals surface area contributed by atoms with E-state index in [2.05, 4.69) is 20.0 Å². The van der Waals surface area contributed by atoms with Gasteiger partial charge in [0.2, 0.25) is 5.28 Å². The second-order valence-electron chi connectivity index (χ2n) is 9.28. The highest BCUT2D eigenvalue weighted by Gasteiger charge is 2.40. The van der Waals surface area contributed by atoms with Crippen molar-refractivity contribution in [2.75, 3.05) is 12.3 Å². The van der Waals surface area contributed by atoms with Crippen molar-refractivity contribution in [1.29, 1.82) is 0 Å². The molecule has 216 valence electrons. The van der Waals surface area contributed by atoms with Gasteiger partial charge in [0.25, 0.3) is 0 Å². The summed E-state index contributed by atoms with van der Waals surface area (Å²) in [6.45, 7) is 1.20. The number of carbonyl (C=O) groups is 1. The Bertz CT molecular complexity index is 1540. The number of rotatable bonds is 11. The molecule has 0 radical (unpaired) electrons. The standard InChI is InChI=1S/C26H28ClN6O7P/c1-16(25(35)37-13-17-8-4-2-5-9-17)32-41(36,40-18-10-6-3-7-11-18)38-14-20-19(34)12-21(39-20)33-15-29-22-23(28)30-26(27)31-24(22)33/h2-11,15-16,19-21,34H,12-14H2,1H3,(H,32,36)(H2,28,30,31)/t16-,19+,20+,21+,41?/m0/s1. The van der Waals surface area contributed by atoms with Crippen LogP contribution < -0.4 is 15.3 Å². The molecule has 4 N–H and O–H groups in total. The molecule has 0 bridgehead atoms. The van der Waals surface area contributed by atoms with Gasteiger partial charge in [-0.3, -0.25) is 13.9 Å². The average Bonchev–Trinajstić information content (AvgIpc) is 3.54. The maximum Gasteiger partial charge on any atom is 0.459 e. The molecule has 2 aromatic heterocycles. The summed E-state index contributed by atoms with van der Waals surface area (Å²) in [6, 6.07) is 16.5. The zero-order valence-corrected chi connectivity index (χ0v) is 23.5. The number of nitrogen functional groups attached to an aromatic ring is 1. The molecule has 1 aliphatic rings. The minimum absolute atomic E-state index is 0.0462. The van der Waals surface area contributed by atoms with Gasteiger partial charge < -0.3 is 24.8 Å². The molecular weight excluding hydrogens is 575 g/mol. The van der Waals surface area contributed by atoms with Crippen molar-refractivity contribution in [3.8, 4) is 5.75 Å². The third-order valence-electron chi connectivity index (χ3n) is 6.24. The number of esters is 1. The number of nitrogens with one attached hydrogen (secondary N) is 1. The topological polar surface area (TPSA) is 173 Å². The number of fused-ring (bicyclic) bond motifs is 1. The van der Waals surface area contributed by atoms with Crippen LogP contribution in [0.4, 0.5) is 5.82 Å². The second-order valence-corrected chi connectivity index (χ2v) is 11.3. The zero-order chi connectivity index (χ0) is 29.0. The van der Waals surface area contributed by atoms with Gasteiger partial charge in [0.1, 0.15) is 36.2 Å². The van der Waals surface area contributed by atoms with Gasteiger partial charge in [0.15, 0.2) is 11.5 Å². The fraction of sp³-hybridized carbons (Fsp3) is 0.308. The third kappa shape index (κ3) is 7.02. The van der Waals surface area contributed by atoms with Crippen LogP contribution in [0.15, 0.2) is 67.0 Å². The van der Waals surface area contributed by atoms with E-state index in [0.29, 0.717) is 11.2 Å². The maximum atomic E-state index is 13.8. The summed E-state index contributed by atoms with van der Waals surface area (Å²) in [6.07, 6.45) is -0.975. The van der Waals surface area contributed by atoms with Gasteiger partial charge in [-0.15, -0.1) is 0 Å². The number of nitrogens with two attached hydrogens (primary N) is 1. The second kappa shape index (κ2) is 12.5. The highest BCUT2D eigenvalue weighted by atomic mass is 35.5. The van der Waals surface area contributed by atoms with E-state index in [0.717, 1.165) is 5.56 Å². The summed E-state index contributed by atoms with van der Waals surface area (Å²) in [7, 11) is -4.17. The van der Waals surface area contributed by atoms with Crippen LogP contribution in [0.5, 0.6) is 5.75 Å². The number of nitrogens with zero attached hydrogens (tertiary/aromatic N) is 4. The number of imidazole rings is 1. The molecule has 0 aliphatic carbocycles. The van der Waals surface area contributed by atoms with Gasteiger partial charge >= 0.3 is 13.7 Å². The maximum absolute atomic E-state index is 13.8. The Morgan fingerprint density at radius 1 is 1.22 bits per heavy atom. The number of aromatic nitrogens is 4. The minimum atomic E-state index is -4.17. The Morgan fingerprint density at radius 2 is 1.93 bits per heavy atom. The molecular formula is C26H28ClN6O7P. The molecule has 5 rings (SSSR count). The van der Waals surface area contributed by atoms with Crippen molar-refractivity contribution in [1.82, 2.24) is 24.6 Å². The number of aliphatic hydroxyl groups excluding tert-OH is 1. The first-order valence-corrected chi connectivity index (χ1v) is 14.6. The van der Waals surface area contributed by atoms with Gasteiger partial charge in [-0.1, -0.05) is 48.5 Å². The van der Waals surface area contributed by atoms with Crippen molar-refractivity contribution in [2.24, 2.45) is 0 Å². The molecule has 2 aromatic carbocycles. The largest absolute Gasteiger partial charge is 0.460 e. The van der Waals surface area contributed by atoms with E-state index in [-0.39, 0.29) is 36.5 Å². The van der Waals surface area contributed by atoms with Gasteiger partial charge in [-0.25, -0.2) is 9.55 Å². The predicted molar refractivity (Wildman–Crippen MR) is 149 cm³/mol. The first kappa shape index (κ1) is 28.9. The molecule has 1 fully saturated rings. The third-order valence-corrected chi connectivity index (χ3v) is 8.06. The van der Waals surface area contributed by atoms with Crippen LogP contribution >= 0.6 is 19.3 Å². The first-order valence-electron chi connectivity index (χ1n) is 12.7. The first-order chi connectivity index (χ1) is 19.7. The van der Waals surface area contributed by atoms with E-state index < -0.39 is 38.2 Å². The van der Waals surface area contributed by atoms with Crippen molar-refractivity contribution in [3.05, 3.63) is 77.8 Å². The van der Waals surface area contributed by atoms with E-state index in [9.17, 15) is 14.5 Å². The SMILES string of the molecule is C[C@H](NP(=O)(OC[C@H]1O[C@@H](n2cnc3c(N)nc(Cl)nc32)C[C@H]1O)Oc1ccccc1)C(=O)OCc1ccccc1. The molecule has 1 saturated heterocycles. The summed E-state index contributed by atoms with van der Waals surface area (Å²) in [5.74, 6) is -0.296. The molecule has 5 atom stereocenters. The Balaban J connectivity index is 1.26. The number of anilines is 1. The number of halogens is 1. The van der Waals surface area contributed by atoms with E-state index in [1.54, 1.807) is 34.9 Å². The lowest BCUT2D eigenvalue weighted by atomic mass is 10.2. The van der Waals surface area contributed by atoms with E-state index >= 15 is 0 Å². The fourth-order valence-corrected chi connectivity index (χ4v) is 5.86. The van der Waals surface area contributed by atoms with Crippen molar-refractivity contribution < 1.29 is 33.0 Å². The average molecular weight is 603 g/mol. The smallest absolute Gasteiger partial charge is 0.459 e. The van der Waals surface area contributed by atoms with Crippen LogP contribution in [-0.4, -0.2) is 55.5 Å². The highest BCUT2D eigenvalue weighted by Crippen LogP contribution is 2.46. The minimum Gasteiger partial charge on any atom is -0.460 e. The molecule has 0 spiro atoms. The molecule has 13 nitrogen and oxygen atoms in total. The molecule has 3 heterocycles. The number of ether oxygens (including phenoxy) is 2. The van der Waals surface area contributed by atoms with Crippen LogP contribution in [0.2, 0.25) is 5.28 Å². The number of hydrogen-bond donors (Lipinski definition) is 3. The summed E-state index contributed by atoms with van der Waals surface area (Å²) < 4.78 is 38.1. The lowest BCUT2D eigenvalue weighted by Crippen LogP contribution is -2.36. The fourth-order valence-electron chi connectivity index (χ4n) is 4.18. The molecule has 4 aromatic rings. The molecule has 0 saturated carbocycles. The molecule has 41 heavy (non-hydrogen) atoms. The summed E-state index contributed by atoms with van der Waals surface area (Å²) in [5.41, 5.74) is 7.36. The Morgan fingerprint density at radius 3 is 2.66 bits per heavy atom. The van der Waals surface area contributed by atoms with Crippen LogP contribution in [0, 0.1) is 0 Å². The predicted octanol–water partition coefficient (Wildman–Crippen LogP) is 3.64. The Labute approximate surface area is 240 Å². The monoisotopic (exact) mass is 602 g/mol. The summed E-state index contributed by atoms with van der Waals surface area (Å²) >= 11 is 5.96. The van der Waals surface area contributed by atoms with Gasteiger partial charge in [-0.05, 0) is 36.2 Å². The molecule has 0 amide bonds. The van der Waals surface area contributed by atoms with Crippen LogP contribution in [0.25, 0.3) is 11.2 Å². The van der Waals surface area contributed by atoms with Crippen molar-refractivity contribution >= 4 is 42.3 Å². The van der Waals surface area contributed by atoms with Crippen LogP contribution in [0.1, 0.15) is 25.1 Å². The van der Waals surface area contributed by atoms with E-state index in [4.69, 9.17) is 35.9 Å². The Hall–Kier alpha value is -3.58. The van der Waals surface area contributed by atoms with Gasteiger partial charge in [0, 0.05) is 6.42 Å². The lowest BCUT2D eigenvalue weighted by Gasteiger charge is -2.24. The number of carbonyl (C=O) groups excluding carboxylic acids is 1. The lowest BCUT2D eigenvalue weighted by molar-refractivity contribution is -0.146. The number of hydrogen-bond acceptors (Lipinski definition) is 11. The van der Waals surface area contributed by atoms with Crippen LogP contribution in [0.3, 0.4) is 0 Å². The van der Waals surface area contributed by atoms with E-state index in [1.807, 2.05) is 30.3 Å².